The van der Waals surface area contributed by atoms with Crippen molar-refractivity contribution in [1.82, 2.24) is 0 Å². The van der Waals surface area contributed by atoms with Gasteiger partial charge in [-0.2, -0.15) is 0 Å². The third-order valence-electron chi connectivity index (χ3n) is 13.7. The summed E-state index contributed by atoms with van der Waals surface area (Å²) in [6.07, 6.45) is 90.8. The van der Waals surface area contributed by atoms with Crippen molar-refractivity contribution < 1.29 is 28.6 Å². The van der Waals surface area contributed by atoms with Crippen molar-refractivity contribution in [3.8, 4) is 0 Å². The van der Waals surface area contributed by atoms with Crippen LogP contribution in [0, 0.1) is 0 Å². The van der Waals surface area contributed by atoms with E-state index in [1.54, 1.807) is 0 Å². The molecular formula is C72H120O6. The van der Waals surface area contributed by atoms with Gasteiger partial charge in [-0.05, 0) is 122 Å². The molecule has 0 saturated heterocycles. The topological polar surface area (TPSA) is 78.9 Å². The summed E-state index contributed by atoms with van der Waals surface area (Å²) in [5, 5.41) is 0. The Morgan fingerprint density at radius 1 is 0.269 bits per heavy atom. The lowest BCUT2D eigenvalue weighted by Gasteiger charge is -2.18. The molecule has 0 heterocycles. The molecule has 0 N–H and O–H groups in total. The molecule has 0 aliphatic carbocycles. The Balaban J connectivity index is 4.20. The van der Waals surface area contributed by atoms with Crippen LogP contribution in [0.15, 0.2) is 122 Å². The van der Waals surface area contributed by atoms with Gasteiger partial charge in [0.2, 0.25) is 0 Å². The Kier molecular flexibility index (Phi) is 61.8. The molecule has 0 aromatic heterocycles. The highest BCUT2D eigenvalue weighted by atomic mass is 16.6. The molecule has 0 rings (SSSR count). The number of hydrogen-bond acceptors (Lipinski definition) is 6. The normalized spacial score (nSPS) is 12.9. The minimum Gasteiger partial charge on any atom is -0.462 e. The van der Waals surface area contributed by atoms with Crippen LogP contribution in [0.4, 0.5) is 0 Å². The molecule has 6 heteroatoms. The number of esters is 3. The minimum atomic E-state index is -0.791. The smallest absolute Gasteiger partial charge is 0.306 e. The highest BCUT2D eigenvalue weighted by molar-refractivity contribution is 5.71. The summed E-state index contributed by atoms with van der Waals surface area (Å²) < 4.78 is 16.9. The maximum absolute atomic E-state index is 12.9. The first-order valence-corrected chi connectivity index (χ1v) is 32.5. The molecule has 1 atom stereocenters. The van der Waals surface area contributed by atoms with Crippen LogP contribution in [0.1, 0.15) is 297 Å². The molecular weight excluding hydrogens is 961 g/mol. The van der Waals surface area contributed by atoms with Gasteiger partial charge < -0.3 is 14.2 Å². The molecule has 0 aliphatic heterocycles. The summed E-state index contributed by atoms with van der Waals surface area (Å²) in [5.74, 6) is -0.907. The second-order valence-corrected chi connectivity index (χ2v) is 21.3. The molecule has 444 valence electrons. The Bertz CT molecular complexity index is 1620. The number of unbranched alkanes of at least 4 members (excludes halogenated alkanes) is 27. The quantitative estimate of drug-likeness (QED) is 0.0261. The van der Waals surface area contributed by atoms with E-state index in [0.29, 0.717) is 19.3 Å². The molecule has 0 saturated carbocycles. The fourth-order valence-electron chi connectivity index (χ4n) is 8.88. The van der Waals surface area contributed by atoms with E-state index in [1.165, 1.54) is 109 Å². The maximum atomic E-state index is 12.9. The number of carbonyl (C=O) groups is 3. The largest absolute Gasteiger partial charge is 0.462 e. The molecule has 0 aliphatic rings. The van der Waals surface area contributed by atoms with Gasteiger partial charge in [-0.25, -0.2) is 0 Å². The molecule has 0 aromatic rings. The lowest BCUT2D eigenvalue weighted by atomic mass is 10.0. The van der Waals surface area contributed by atoms with Gasteiger partial charge in [0.25, 0.3) is 0 Å². The van der Waals surface area contributed by atoms with Crippen molar-refractivity contribution in [3.63, 3.8) is 0 Å². The highest BCUT2D eigenvalue weighted by Crippen LogP contribution is 2.16. The molecule has 0 spiro atoms. The van der Waals surface area contributed by atoms with Gasteiger partial charge in [-0.3, -0.25) is 14.4 Å². The van der Waals surface area contributed by atoms with Gasteiger partial charge in [0.15, 0.2) is 6.10 Å². The van der Waals surface area contributed by atoms with Gasteiger partial charge in [-0.15, -0.1) is 0 Å². The Morgan fingerprint density at radius 3 is 0.795 bits per heavy atom. The van der Waals surface area contributed by atoms with Crippen molar-refractivity contribution in [2.45, 2.75) is 303 Å². The predicted molar refractivity (Wildman–Crippen MR) is 339 cm³/mol. The number of rotatable bonds is 58. The van der Waals surface area contributed by atoms with E-state index in [0.717, 1.165) is 148 Å². The molecule has 0 aromatic carbocycles. The Hall–Kier alpha value is -4.19. The predicted octanol–water partition coefficient (Wildman–Crippen LogP) is 22.4. The zero-order chi connectivity index (χ0) is 56.4. The lowest BCUT2D eigenvalue weighted by Crippen LogP contribution is -2.30. The number of ether oxygens (including phenoxy) is 3. The van der Waals surface area contributed by atoms with E-state index >= 15 is 0 Å². The van der Waals surface area contributed by atoms with Crippen LogP contribution in [0.2, 0.25) is 0 Å². The first-order valence-electron chi connectivity index (χ1n) is 32.5. The SMILES string of the molecule is CC/C=C\C/C=C\C/C=C\C/C=C\C/C=C\CCCCCCCCCCCCCCCCCC(=O)OCC(COC(=O)CCCCCCC/C=C\CCC)OC(=O)CCCCCCCC/C=C\C/C=C\C/C=C\C/C=C\CC. The first kappa shape index (κ1) is 73.8. The van der Waals surface area contributed by atoms with Crippen molar-refractivity contribution >= 4 is 17.9 Å². The van der Waals surface area contributed by atoms with Crippen LogP contribution < -0.4 is 0 Å². The average Bonchev–Trinajstić information content (AvgIpc) is 3.44. The van der Waals surface area contributed by atoms with E-state index in [4.69, 9.17) is 14.2 Å². The van der Waals surface area contributed by atoms with E-state index in [-0.39, 0.29) is 31.1 Å². The van der Waals surface area contributed by atoms with Crippen molar-refractivity contribution in [3.05, 3.63) is 122 Å². The minimum absolute atomic E-state index is 0.0870. The zero-order valence-electron chi connectivity index (χ0n) is 50.9. The van der Waals surface area contributed by atoms with Crippen LogP contribution in [0.5, 0.6) is 0 Å². The van der Waals surface area contributed by atoms with E-state index in [9.17, 15) is 14.4 Å². The molecule has 0 fully saturated rings. The second kappa shape index (κ2) is 65.3. The monoisotopic (exact) mass is 1080 g/mol. The van der Waals surface area contributed by atoms with Gasteiger partial charge in [0.1, 0.15) is 13.2 Å². The first-order chi connectivity index (χ1) is 38.5. The third kappa shape index (κ3) is 62.7. The summed E-state index contributed by atoms with van der Waals surface area (Å²) >= 11 is 0. The molecule has 0 radical (unpaired) electrons. The highest BCUT2D eigenvalue weighted by Gasteiger charge is 2.19. The summed E-state index contributed by atoms with van der Waals surface area (Å²) in [5.41, 5.74) is 0. The average molecular weight is 1080 g/mol. The Labute approximate surface area is 482 Å². The van der Waals surface area contributed by atoms with Gasteiger partial charge in [0, 0.05) is 19.3 Å². The third-order valence-corrected chi connectivity index (χ3v) is 13.7. The van der Waals surface area contributed by atoms with Crippen LogP contribution in [0.25, 0.3) is 0 Å². The van der Waals surface area contributed by atoms with Crippen molar-refractivity contribution in [2.24, 2.45) is 0 Å². The molecule has 78 heavy (non-hydrogen) atoms. The molecule has 6 nitrogen and oxygen atoms in total. The summed E-state index contributed by atoms with van der Waals surface area (Å²) in [4.78, 5) is 38.2. The van der Waals surface area contributed by atoms with Crippen LogP contribution in [-0.4, -0.2) is 37.2 Å². The van der Waals surface area contributed by atoms with E-state index < -0.39 is 6.10 Å². The van der Waals surface area contributed by atoms with E-state index in [2.05, 4.69) is 142 Å². The van der Waals surface area contributed by atoms with Crippen molar-refractivity contribution in [2.75, 3.05) is 13.2 Å². The fourth-order valence-corrected chi connectivity index (χ4v) is 8.88. The van der Waals surface area contributed by atoms with Gasteiger partial charge >= 0.3 is 17.9 Å². The van der Waals surface area contributed by atoms with Crippen LogP contribution in [-0.2, 0) is 28.6 Å². The number of allylic oxidation sites excluding steroid dienone is 20. The van der Waals surface area contributed by atoms with Crippen LogP contribution in [0.3, 0.4) is 0 Å². The van der Waals surface area contributed by atoms with Gasteiger partial charge in [0.05, 0.1) is 0 Å². The van der Waals surface area contributed by atoms with Crippen molar-refractivity contribution in [1.29, 1.82) is 0 Å². The Morgan fingerprint density at radius 2 is 0.500 bits per heavy atom. The molecule has 0 bridgehead atoms. The summed E-state index contributed by atoms with van der Waals surface area (Å²) in [7, 11) is 0. The number of hydrogen-bond donors (Lipinski definition) is 0. The summed E-state index contributed by atoms with van der Waals surface area (Å²) in [6, 6.07) is 0. The lowest BCUT2D eigenvalue weighted by molar-refractivity contribution is -0.167. The van der Waals surface area contributed by atoms with Crippen LogP contribution >= 0.6 is 0 Å². The number of carbonyl (C=O) groups excluding carboxylic acids is 3. The fraction of sp³-hybridized carbons (Fsp3) is 0.681. The standard InChI is InChI=1S/C72H120O6/c1-4-7-10-13-16-19-22-24-26-28-30-31-32-33-34-35-36-37-38-39-40-41-43-44-46-48-50-53-56-59-62-65-71(74)77-68-69(67-76-70(73)64-61-58-55-52-21-18-15-12-9-6-3)78-72(75)66-63-60-57-54-51-49-47-45-42-29-27-25-23-20-17-14-11-8-5-2/h7-8,10-12,15-17,19-20,24-27,30-31,33-34,42,45,69H,4-6,9,13-14,18,21-23,28-29,32,35-41,43-44,46-68H2,1-3H3/b10-7-,11-8-,15-12-,19-16-,20-17-,26-24-,27-25-,31-30-,34-33-,45-42-. The molecule has 0 amide bonds. The van der Waals surface area contributed by atoms with E-state index in [1.807, 2.05) is 0 Å². The van der Waals surface area contributed by atoms with Gasteiger partial charge in [-0.1, -0.05) is 277 Å². The maximum Gasteiger partial charge on any atom is 0.306 e. The zero-order valence-corrected chi connectivity index (χ0v) is 50.9. The molecule has 1 unspecified atom stereocenters. The second-order valence-electron chi connectivity index (χ2n) is 21.3. The summed E-state index contributed by atoms with van der Waals surface area (Å²) in [6.45, 7) is 6.35.